The second kappa shape index (κ2) is 6.54. The number of carbonyl (C=O) groups is 1. The maximum absolute atomic E-state index is 11.6. The number of fused-ring (bicyclic) bond motifs is 1. The summed E-state index contributed by atoms with van der Waals surface area (Å²) in [5.41, 5.74) is 13.0. The number of aliphatic hydroxyl groups is 2. The lowest BCUT2D eigenvalue weighted by atomic mass is 10.0. The van der Waals surface area contributed by atoms with E-state index < -0.39 is 18.1 Å². The molecule has 0 radical (unpaired) electrons. The molecule has 130 valence electrons. The predicted octanol–water partition coefficient (Wildman–Crippen LogP) is 0.862. The van der Waals surface area contributed by atoms with E-state index in [9.17, 15) is 15.0 Å². The van der Waals surface area contributed by atoms with Gasteiger partial charge < -0.3 is 26.6 Å². The number of hydrogen-bond acceptors (Lipinski definition) is 7. The van der Waals surface area contributed by atoms with Crippen molar-refractivity contribution in [1.29, 1.82) is 0 Å². The second-order valence-electron chi connectivity index (χ2n) is 6.15. The molecule has 0 saturated carbocycles. The summed E-state index contributed by atoms with van der Waals surface area (Å²) in [5.74, 6) is 0.185. The lowest BCUT2D eigenvalue weighted by molar-refractivity contribution is 0.00787. The van der Waals surface area contributed by atoms with Crippen molar-refractivity contribution in [3.8, 4) is 0 Å². The first-order chi connectivity index (χ1) is 11.4. The van der Waals surface area contributed by atoms with Gasteiger partial charge in [0.05, 0.1) is 17.9 Å². The van der Waals surface area contributed by atoms with Gasteiger partial charge >= 0.3 is 0 Å². The van der Waals surface area contributed by atoms with E-state index in [0.717, 1.165) is 29.6 Å². The summed E-state index contributed by atoms with van der Waals surface area (Å²) in [5, 5.41) is 20.4. The number of nitrogens with two attached hydrogens (primary N) is 2. The van der Waals surface area contributed by atoms with E-state index in [1.54, 1.807) is 0 Å². The van der Waals surface area contributed by atoms with Crippen LogP contribution in [0.25, 0.3) is 10.2 Å². The summed E-state index contributed by atoms with van der Waals surface area (Å²) < 4.78 is 0. The lowest BCUT2D eigenvalue weighted by Gasteiger charge is -2.34. The zero-order valence-corrected chi connectivity index (χ0v) is 14.3. The maximum atomic E-state index is 11.6. The molecule has 2 unspecified atom stereocenters. The van der Waals surface area contributed by atoms with Gasteiger partial charge in [-0.3, -0.25) is 4.79 Å². The molecule has 1 amide bonds. The number of piperidine rings is 1. The minimum atomic E-state index is -0.791. The Hall–Kier alpha value is -1.90. The molecule has 1 saturated heterocycles. The van der Waals surface area contributed by atoms with E-state index in [-0.39, 0.29) is 0 Å². The lowest BCUT2D eigenvalue weighted by Crippen LogP contribution is -2.47. The Morgan fingerprint density at radius 1 is 1.46 bits per heavy atom. The van der Waals surface area contributed by atoms with Crippen LogP contribution in [0.15, 0.2) is 6.07 Å². The molecule has 3 heterocycles. The maximum Gasteiger partial charge on any atom is 0.260 e. The van der Waals surface area contributed by atoms with Crippen LogP contribution in [0, 0.1) is 0 Å². The summed E-state index contributed by atoms with van der Waals surface area (Å²) in [6.07, 6.45) is 0.744. The van der Waals surface area contributed by atoms with Gasteiger partial charge in [-0.15, -0.1) is 11.3 Å². The number of hydrogen-bond donors (Lipinski definition) is 4. The van der Waals surface area contributed by atoms with Crippen LogP contribution in [0.3, 0.4) is 0 Å². The molecule has 7 nitrogen and oxygen atoms in total. The standard InChI is InChI=1S/C16H22N4O3S/c1-2-3-8-6-11(20-5-4-9(21)10(22)7-20)19-16-12(8)13(17)14(24-16)15(18)23/h6,9-10,21-22H,2-5,7,17H2,1H3,(H2,18,23). The third-order valence-corrected chi connectivity index (χ3v) is 5.49. The minimum Gasteiger partial charge on any atom is -0.397 e. The number of carbonyl (C=O) groups excluding carboxylic acids is 1. The summed E-state index contributed by atoms with van der Waals surface area (Å²) in [7, 11) is 0. The van der Waals surface area contributed by atoms with Gasteiger partial charge in [0.2, 0.25) is 0 Å². The molecule has 2 aromatic heterocycles. The molecule has 2 aromatic rings. The molecule has 1 aliphatic rings. The Bertz CT molecular complexity index is 776. The van der Waals surface area contributed by atoms with Crippen molar-refractivity contribution in [3.63, 3.8) is 0 Å². The van der Waals surface area contributed by atoms with Crippen LogP contribution in [0.1, 0.15) is 35.0 Å². The molecule has 2 atom stereocenters. The fourth-order valence-electron chi connectivity index (χ4n) is 3.12. The average molecular weight is 350 g/mol. The smallest absolute Gasteiger partial charge is 0.260 e. The molecule has 6 N–H and O–H groups in total. The molecule has 1 fully saturated rings. The third-order valence-electron chi connectivity index (χ3n) is 4.38. The van der Waals surface area contributed by atoms with Crippen molar-refractivity contribution in [2.24, 2.45) is 5.73 Å². The summed E-state index contributed by atoms with van der Waals surface area (Å²) in [4.78, 5) is 19.2. The quantitative estimate of drug-likeness (QED) is 0.648. The van der Waals surface area contributed by atoms with Gasteiger partial charge in [0, 0.05) is 18.5 Å². The number of amides is 1. The number of aliphatic hydroxyl groups excluding tert-OH is 2. The van der Waals surface area contributed by atoms with Gasteiger partial charge in [0.25, 0.3) is 5.91 Å². The number of anilines is 2. The fraction of sp³-hybridized carbons (Fsp3) is 0.500. The number of β-amino-alcohol motifs (C(OH)–C–C–N with tert-alkyl or cyclic N) is 1. The molecule has 8 heteroatoms. The number of nitrogen functional groups attached to an aromatic ring is 1. The van der Waals surface area contributed by atoms with Gasteiger partial charge in [0.15, 0.2) is 0 Å². The Morgan fingerprint density at radius 3 is 2.83 bits per heavy atom. The molecule has 0 bridgehead atoms. The van der Waals surface area contributed by atoms with Crippen LogP contribution < -0.4 is 16.4 Å². The van der Waals surface area contributed by atoms with E-state index in [1.165, 1.54) is 11.3 Å². The van der Waals surface area contributed by atoms with Gasteiger partial charge in [-0.05, 0) is 24.5 Å². The highest BCUT2D eigenvalue weighted by Crippen LogP contribution is 2.37. The average Bonchev–Trinajstić information content (AvgIpc) is 2.88. The Balaban J connectivity index is 2.08. The predicted molar refractivity (Wildman–Crippen MR) is 95.4 cm³/mol. The first-order valence-corrected chi connectivity index (χ1v) is 8.86. The van der Waals surface area contributed by atoms with Gasteiger partial charge in [0.1, 0.15) is 15.5 Å². The van der Waals surface area contributed by atoms with Gasteiger partial charge in [-0.2, -0.15) is 0 Å². The molecular formula is C16H22N4O3S. The normalized spacial score (nSPS) is 21.4. The van der Waals surface area contributed by atoms with Crippen molar-refractivity contribution in [2.75, 3.05) is 23.7 Å². The number of pyridine rings is 1. The van der Waals surface area contributed by atoms with Crippen molar-refractivity contribution in [2.45, 2.75) is 38.4 Å². The monoisotopic (exact) mass is 350 g/mol. The zero-order valence-electron chi connectivity index (χ0n) is 13.5. The van der Waals surface area contributed by atoms with Crippen LogP contribution in [0.4, 0.5) is 11.5 Å². The Labute approximate surface area is 143 Å². The number of nitrogens with zero attached hydrogens (tertiary/aromatic N) is 2. The number of aryl methyl sites for hydroxylation is 1. The number of primary amides is 1. The first kappa shape index (κ1) is 16.9. The highest BCUT2D eigenvalue weighted by Gasteiger charge is 2.28. The number of aromatic nitrogens is 1. The minimum absolute atomic E-state index is 0.328. The molecule has 24 heavy (non-hydrogen) atoms. The summed E-state index contributed by atoms with van der Waals surface area (Å²) in [6, 6.07) is 1.96. The molecular weight excluding hydrogens is 328 g/mol. The van der Waals surface area contributed by atoms with E-state index in [1.807, 2.05) is 11.0 Å². The van der Waals surface area contributed by atoms with Crippen molar-refractivity contribution in [3.05, 3.63) is 16.5 Å². The van der Waals surface area contributed by atoms with Crippen LogP contribution in [0.5, 0.6) is 0 Å². The molecule has 1 aliphatic heterocycles. The van der Waals surface area contributed by atoms with Crippen LogP contribution in [-0.2, 0) is 6.42 Å². The first-order valence-electron chi connectivity index (χ1n) is 8.05. The van der Waals surface area contributed by atoms with Crippen LogP contribution in [0.2, 0.25) is 0 Å². The third kappa shape index (κ3) is 2.92. The molecule has 0 aliphatic carbocycles. The Morgan fingerprint density at radius 2 is 2.21 bits per heavy atom. The second-order valence-corrected chi connectivity index (χ2v) is 7.15. The molecule has 0 spiro atoms. The summed E-state index contributed by atoms with van der Waals surface area (Å²) in [6.45, 7) is 3.02. The van der Waals surface area contributed by atoms with Crippen molar-refractivity contribution in [1.82, 2.24) is 4.98 Å². The van der Waals surface area contributed by atoms with Crippen LogP contribution in [-0.4, -0.2) is 46.4 Å². The fourth-order valence-corrected chi connectivity index (χ4v) is 4.11. The summed E-state index contributed by atoms with van der Waals surface area (Å²) >= 11 is 1.20. The van der Waals surface area contributed by atoms with E-state index in [4.69, 9.17) is 11.5 Å². The van der Waals surface area contributed by atoms with E-state index >= 15 is 0 Å². The Kier molecular flexibility index (Phi) is 4.62. The topological polar surface area (TPSA) is 126 Å². The largest absolute Gasteiger partial charge is 0.397 e. The highest BCUT2D eigenvalue weighted by atomic mass is 32.1. The highest BCUT2D eigenvalue weighted by molar-refractivity contribution is 7.21. The molecule has 3 rings (SSSR count). The number of thiophene rings is 1. The van der Waals surface area contributed by atoms with Crippen LogP contribution >= 0.6 is 11.3 Å². The SMILES string of the molecule is CCCc1cc(N2CCC(O)C(O)C2)nc2sc(C(N)=O)c(N)c12. The van der Waals surface area contributed by atoms with Crippen molar-refractivity contribution >= 4 is 39.0 Å². The van der Waals surface area contributed by atoms with Gasteiger partial charge in [-0.1, -0.05) is 13.3 Å². The van der Waals surface area contributed by atoms with E-state index in [0.29, 0.717) is 34.9 Å². The van der Waals surface area contributed by atoms with Crippen molar-refractivity contribution < 1.29 is 15.0 Å². The zero-order chi connectivity index (χ0) is 17.4. The van der Waals surface area contributed by atoms with Gasteiger partial charge in [-0.25, -0.2) is 4.98 Å². The molecule has 0 aromatic carbocycles. The van der Waals surface area contributed by atoms with E-state index in [2.05, 4.69) is 11.9 Å². The number of rotatable bonds is 4.